The van der Waals surface area contributed by atoms with Crippen LogP contribution < -0.4 is 5.32 Å². The Morgan fingerprint density at radius 1 is 0.885 bits per heavy atom. The maximum atomic E-state index is 6.33. The Morgan fingerprint density at radius 2 is 1.69 bits per heavy atom. The first kappa shape index (κ1) is 15.7. The summed E-state index contributed by atoms with van der Waals surface area (Å²) >= 11 is 6.33. The molecule has 0 aromatic heterocycles. The van der Waals surface area contributed by atoms with Gasteiger partial charge >= 0.3 is 0 Å². The average Bonchev–Trinajstić information content (AvgIpc) is 2.69. The average molecular weight is 358 g/mol. The highest BCUT2D eigenvalue weighted by Crippen LogP contribution is 2.47. The fraction of sp³-hybridized carbons (Fsp3) is 0.167. The number of aryl methyl sites for hydroxylation is 1. The van der Waals surface area contributed by atoms with Crippen LogP contribution in [0.25, 0.3) is 5.57 Å². The van der Waals surface area contributed by atoms with E-state index in [0.29, 0.717) is 0 Å². The van der Waals surface area contributed by atoms with Gasteiger partial charge in [-0.05, 0) is 65.8 Å². The zero-order valence-electron chi connectivity index (χ0n) is 14.5. The molecule has 2 heteroatoms. The van der Waals surface area contributed by atoms with Gasteiger partial charge in [-0.2, -0.15) is 0 Å². The second kappa shape index (κ2) is 6.03. The Balaban J connectivity index is 1.77. The smallest absolute Gasteiger partial charge is 0.0821 e. The highest BCUT2D eigenvalue weighted by Gasteiger charge is 2.38. The molecule has 0 fully saturated rings. The number of rotatable bonds is 1. The summed E-state index contributed by atoms with van der Waals surface area (Å²) in [5.74, 6) is 0. The van der Waals surface area contributed by atoms with Crippen molar-refractivity contribution in [2.24, 2.45) is 0 Å². The predicted molar refractivity (Wildman–Crippen MR) is 110 cm³/mol. The number of hydrogen-bond acceptors (Lipinski definition) is 1. The number of hydrogen-bond donors (Lipinski definition) is 1. The third-order valence-electron chi connectivity index (χ3n) is 5.62. The van der Waals surface area contributed by atoms with Crippen LogP contribution in [0.2, 0.25) is 5.02 Å². The molecule has 1 atom stereocenters. The van der Waals surface area contributed by atoms with Crippen molar-refractivity contribution in [1.82, 2.24) is 0 Å². The van der Waals surface area contributed by atoms with Crippen molar-refractivity contribution in [3.63, 3.8) is 0 Å². The molecule has 1 aliphatic carbocycles. The van der Waals surface area contributed by atoms with Crippen molar-refractivity contribution in [3.05, 3.63) is 106 Å². The van der Waals surface area contributed by atoms with Gasteiger partial charge in [-0.3, -0.25) is 0 Å². The monoisotopic (exact) mass is 357 g/mol. The lowest BCUT2D eigenvalue weighted by Crippen LogP contribution is -2.39. The van der Waals surface area contributed by atoms with Crippen LogP contribution in [0.1, 0.15) is 35.1 Å². The van der Waals surface area contributed by atoms with E-state index in [0.717, 1.165) is 23.6 Å². The van der Waals surface area contributed by atoms with Crippen LogP contribution in [0, 0.1) is 0 Å². The molecule has 1 heterocycles. The summed E-state index contributed by atoms with van der Waals surface area (Å²) in [6.07, 6.45) is 5.87. The number of anilines is 1. The van der Waals surface area contributed by atoms with Gasteiger partial charge in [-0.25, -0.2) is 0 Å². The normalized spacial score (nSPS) is 20.7. The molecule has 0 unspecified atom stereocenters. The molecule has 3 aromatic rings. The van der Waals surface area contributed by atoms with E-state index in [1.807, 2.05) is 6.07 Å². The Kier molecular flexibility index (Phi) is 3.65. The van der Waals surface area contributed by atoms with E-state index < -0.39 is 0 Å². The van der Waals surface area contributed by atoms with Crippen LogP contribution in [-0.4, -0.2) is 0 Å². The molecule has 0 amide bonds. The Morgan fingerprint density at radius 3 is 2.58 bits per heavy atom. The predicted octanol–water partition coefficient (Wildman–Crippen LogP) is 6.43. The van der Waals surface area contributed by atoms with E-state index >= 15 is 0 Å². The summed E-state index contributed by atoms with van der Waals surface area (Å²) in [6.45, 7) is 0. The Labute approximate surface area is 159 Å². The zero-order valence-corrected chi connectivity index (χ0v) is 15.3. The minimum absolute atomic E-state index is 0.152. The second-order valence-electron chi connectivity index (χ2n) is 7.22. The second-order valence-corrected chi connectivity index (χ2v) is 7.66. The summed E-state index contributed by atoms with van der Waals surface area (Å²) in [6, 6.07) is 25.7. The van der Waals surface area contributed by atoms with Crippen LogP contribution in [0.4, 0.5) is 5.69 Å². The first-order valence-corrected chi connectivity index (χ1v) is 9.58. The standard InChI is InChI=1S/C24H20ClN/c25-19-12-13-23-20(15-19)21(17-7-2-1-3-8-17)16-24(26-23)14-6-10-18-9-4-5-11-22(18)24/h1-5,7-9,11-13,15-16,26H,6,10,14H2/t24-/m1/s1. The molecule has 128 valence electrons. The highest BCUT2D eigenvalue weighted by molar-refractivity contribution is 6.31. The lowest BCUT2D eigenvalue weighted by Gasteiger charge is -2.42. The zero-order chi connectivity index (χ0) is 17.6. The molecule has 1 N–H and O–H groups in total. The lowest BCUT2D eigenvalue weighted by molar-refractivity contribution is 0.492. The molecule has 0 bridgehead atoms. The van der Waals surface area contributed by atoms with E-state index in [1.165, 1.54) is 34.2 Å². The van der Waals surface area contributed by atoms with Crippen LogP contribution in [0.5, 0.6) is 0 Å². The van der Waals surface area contributed by atoms with Crippen LogP contribution >= 0.6 is 11.6 Å². The molecular formula is C24H20ClN. The molecule has 5 rings (SSSR count). The van der Waals surface area contributed by atoms with Gasteiger partial charge in [0.1, 0.15) is 0 Å². The minimum atomic E-state index is -0.152. The first-order chi connectivity index (χ1) is 12.8. The van der Waals surface area contributed by atoms with Gasteiger partial charge in [-0.15, -0.1) is 0 Å². The fourth-order valence-electron chi connectivity index (χ4n) is 4.45. The van der Waals surface area contributed by atoms with Gasteiger partial charge in [0.05, 0.1) is 5.54 Å². The van der Waals surface area contributed by atoms with Crippen molar-refractivity contribution < 1.29 is 0 Å². The Hall–Kier alpha value is -2.51. The highest BCUT2D eigenvalue weighted by atomic mass is 35.5. The molecule has 1 spiro atoms. The van der Waals surface area contributed by atoms with Crippen molar-refractivity contribution in [1.29, 1.82) is 0 Å². The van der Waals surface area contributed by atoms with E-state index in [2.05, 4.69) is 78.1 Å². The molecule has 1 aliphatic heterocycles. The quantitative estimate of drug-likeness (QED) is 0.529. The molecule has 2 aliphatic rings. The summed E-state index contributed by atoms with van der Waals surface area (Å²) < 4.78 is 0. The third-order valence-corrected chi connectivity index (χ3v) is 5.86. The van der Waals surface area contributed by atoms with Gasteiger partial charge in [0.25, 0.3) is 0 Å². The van der Waals surface area contributed by atoms with E-state index in [1.54, 1.807) is 0 Å². The molecule has 26 heavy (non-hydrogen) atoms. The van der Waals surface area contributed by atoms with E-state index in [4.69, 9.17) is 11.6 Å². The van der Waals surface area contributed by atoms with Crippen molar-refractivity contribution in [2.45, 2.75) is 24.8 Å². The SMILES string of the molecule is Clc1ccc2c(c1)C(c1ccccc1)=C[C@@]1(CCCc3ccccc31)N2. The molecule has 1 nitrogen and oxygen atoms in total. The van der Waals surface area contributed by atoms with Crippen molar-refractivity contribution in [2.75, 3.05) is 5.32 Å². The maximum Gasteiger partial charge on any atom is 0.0821 e. The molecular weight excluding hydrogens is 338 g/mol. The minimum Gasteiger partial charge on any atom is -0.372 e. The number of halogens is 1. The number of nitrogens with one attached hydrogen (secondary N) is 1. The van der Waals surface area contributed by atoms with Gasteiger partial charge in [-0.1, -0.05) is 66.2 Å². The molecule has 0 radical (unpaired) electrons. The summed E-state index contributed by atoms with van der Waals surface area (Å²) in [5, 5.41) is 4.63. The van der Waals surface area contributed by atoms with E-state index in [9.17, 15) is 0 Å². The largest absolute Gasteiger partial charge is 0.372 e. The lowest BCUT2D eigenvalue weighted by atomic mass is 9.72. The summed E-state index contributed by atoms with van der Waals surface area (Å²) in [5.41, 5.74) is 7.54. The molecule has 0 saturated heterocycles. The Bertz CT molecular complexity index is 1010. The van der Waals surface area contributed by atoms with Crippen molar-refractivity contribution >= 4 is 22.9 Å². The number of benzene rings is 3. The topological polar surface area (TPSA) is 12.0 Å². The number of fused-ring (bicyclic) bond motifs is 3. The van der Waals surface area contributed by atoms with Crippen molar-refractivity contribution in [3.8, 4) is 0 Å². The van der Waals surface area contributed by atoms with Gasteiger partial charge in [0.2, 0.25) is 0 Å². The van der Waals surface area contributed by atoms with Gasteiger partial charge in [0.15, 0.2) is 0 Å². The fourth-order valence-corrected chi connectivity index (χ4v) is 4.62. The summed E-state index contributed by atoms with van der Waals surface area (Å²) in [7, 11) is 0. The summed E-state index contributed by atoms with van der Waals surface area (Å²) in [4.78, 5) is 0. The van der Waals surface area contributed by atoms with Gasteiger partial charge < -0.3 is 5.32 Å². The molecule has 0 saturated carbocycles. The first-order valence-electron chi connectivity index (χ1n) is 9.20. The molecule has 3 aromatic carbocycles. The van der Waals surface area contributed by atoms with Crippen LogP contribution in [0.3, 0.4) is 0 Å². The van der Waals surface area contributed by atoms with Gasteiger partial charge in [0, 0.05) is 16.3 Å². The van der Waals surface area contributed by atoms with E-state index in [-0.39, 0.29) is 5.54 Å². The third kappa shape index (κ3) is 2.47. The van der Waals surface area contributed by atoms with Crippen LogP contribution in [-0.2, 0) is 12.0 Å². The van der Waals surface area contributed by atoms with Crippen LogP contribution in [0.15, 0.2) is 78.9 Å². The maximum absolute atomic E-state index is 6.33.